The molecular weight excluding hydrogens is 271 g/mol. The predicted octanol–water partition coefficient (Wildman–Crippen LogP) is 1.69. The second kappa shape index (κ2) is 6.73. The van der Waals surface area contributed by atoms with Crippen LogP contribution in [0.15, 0.2) is 18.2 Å². The molecule has 1 aliphatic rings. The van der Waals surface area contributed by atoms with Gasteiger partial charge in [-0.2, -0.15) is 0 Å². The monoisotopic (exact) mass is 288 g/mol. The molecule has 1 saturated heterocycles. The summed E-state index contributed by atoms with van der Waals surface area (Å²) in [5, 5.41) is 3.21. The fourth-order valence-corrected chi connectivity index (χ4v) is 2.13. The van der Waals surface area contributed by atoms with Gasteiger partial charge in [-0.25, -0.2) is 4.39 Å². The van der Waals surface area contributed by atoms with Crippen molar-refractivity contribution in [2.75, 3.05) is 27.2 Å². The Morgan fingerprint density at radius 2 is 2.26 bits per heavy atom. The summed E-state index contributed by atoms with van der Waals surface area (Å²) < 4.78 is 18.2. The second-order valence-electron chi connectivity index (χ2n) is 4.41. The maximum absolute atomic E-state index is 13.3. The van der Waals surface area contributed by atoms with Crippen LogP contribution < -0.4 is 10.1 Å². The maximum atomic E-state index is 13.3. The summed E-state index contributed by atoms with van der Waals surface area (Å²) in [5.74, 6) is -0.472. The average molecular weight is 289 g/mol. The molecule has 0 aliphatic carbocycles. The molecule has 0 saturated carbocycles. The van der Waals surface area contributed by atoms with Gasteiger partial charge in [0.1, 0.15) is 0 Å². The van der Waals surface area contributed by atoms with E-state index in [1.54, 1.807) is 11.9 Å². The van der Waals surface area contributed by atoms with Gasteiger partial charge < -0.3 is 15.0 Å². The Morgan fingerprint density at radius 3 is 2.84 bits per heavy atom. The Bertz CT molecular complexity index is 450. The van der Waals surface area contributed by atoms with Crippen molar-refractivity contribution in [2.24, 2.45) is 0 Å². The quantitative estimate of drug-likeness (QED) is 0.920. The molecular formula is C13H18ClFN2O2. The predicted molar refractivity (Wildman–Crippen MR) is 73.6 cm³/mol. The fourth-order valence-electron chi connectivity index (χ4n) is 2.13. The Balaban J connectivity index is 0.00000180. The molecule has 4 nitrogen and oxygen atoms in total. The summed E-state index contributed by atoms with van der Waals surface area (Å²) in [7, 11) is 3.16. The van der Waals surface area contributed by atoms with Crippen LogP contribution in [0.1, 0.15) is 16.8 Å². The first-order chi connectivity index (χ1) is 8.63. The minimum atomic E-state index is -0.459. The van der Waals surface area contributed by atoms with Crippen LogP contribution in [0.25, 0.3) is 0 Å². The lowest BCUT2D eigenvalue weighted by Crippen LogP contribution is -2.38. The first kappa shape index (κ1) is 15.7. The van der Waals surface area contributed by atoms with Crippen LogP contribution >= 0.6 is 12.4 Å². The number of ether oxygens (including phenoxy) is 1. The van der Waals surface area contributed by atoms with Gasteiger partial charge in [0.05, 0.1) is 7.11 Å². The molecule has 0 bridgehead atoms. The lowest BCUT2D eigenvalue weighted by atomic mass is 10.1. The molecule has 1 unspecified atom stereocenters. The first-order valence-electron chi connectivity index (χ1n) is 5.95. The van der Waals surface area contributed by atoms with E-state index in [9.17, 15) is 9.18 Å². The molecule has 1 N–H and O–H groups in total. The van der Waals surface area contributed by atoms with Crippen molar-refractivity contribution in [1.29, 1.82) is 0 Å². The lowest BCUT2D eigenvalue weighted by molar-refractivity contribution is 0.0743. The summed E-state index contributed by atoms with van der Waals surface area (Å²) in [4.78, 5) is 13.9. The topological polar surface area (TPSA) is 41.6 Å². The minimum Gasteiger partial charge on any atom is -0.494 e. The molecule has 1 atom stereocenters. The highest BCUT2D eigenvalue weighted by Gasteiger charge is 2.24. The SMILES string of the molecule is COc1cc(C(=O)N(C)C2CCNC2)ccc1F.Cl. The van der Waals surface area contributed by atoms with Crippen LogP contribution in [0.4, 0.5) is 4.39 Å². The molecule has 6 heteroatoms. The third-order valence-electron chi connectivity index (χ3n) is 3.30. The molecule has 0 spiro atoms. The van der Waals surface area contributed by atoms with Crippen molar-refractivity contribution >= 4 is 18.3 Å². The largest absolute Gasteiger partial charge is 0.494 e. The molecule has 1 aromatic carbocycles. The van der Waals surface area contributed by atoms with Gasteiger partial charge >= 0.3 is 0 Å². The van der Waals surface area contributed by atoms with E-state index in [0.717, 1.165) is 19.5 Å². The number of carbonyl (C=O) groups is 1. The van der Waals surface area contributed by atoms with E-state index < -0.39 is 5.82 Å². The summed E-state index contributed by atoms with van der Waals surface area (Å²) in [6, 6.07) is 4.39. The summed E-state index contributed by atoms with van der Waals surface area (Å²) in [5.41, 5.74) is 0.447. The number of carbonyl (C=O) groups excluding carboxylic acids is 1. The highest BCUT2D eigenvalue weighted by atomic mass is 35.5. The molecule has 1 heterocycles. The first-order valence-corrected chi connectivity index (χ1v) is 5.95. The van der Waals surface area contributed by atoms with Crippen LogP contribution in [0.5, 0.6) is 5.75 Å². The van der Waals surface area contributed by atoms with Gasteiger partial charge in [-0.1, -0.05) is 0 Å². The number of halogens is 2. The smallest absolute Gasteiger partial charge is 0.254 e. The van der Waals surface area contributed by atoms with Crippen molar-refractivity contribution in [3.05, 3.63) is 29.6 Å². The summed E-state index contributed by atoms with van der Waals surface area (Å²) in [6.07, 6.45) is 0.945. The van der Waals surface area contributed by atoms with Crippen LogP contribution in [0.2, 0.25) is 0 Å². The third kappa shape index (κ3) is 3.36. The van der Waals surface area contributed by atoms with E-state index in [2.05, 4.69) is 5.32 Å². The highest BCUT2D eigenvalue weighted by molar-refractivity contribution is 5.94. The lowest BCUT2D eigenvalue weighted by Gasteiger charge is -2.24. The van der Waals surface area contributed by atoms with Crippen molar-refractivity contribution in [1.82, 2.24) is 10.2 Å². The molecule has 106 valence electrons. The van der Waals surface area contributed by atoms with Gasteiger partial charge in [0.2, 0.25) is 0 Å². The molecule has 1 aromatic rings. The van der Waals surface area contributed by atoms with Crippen molar-refractivity contribution in [2.45, 2.75) is 12.5 Å². The number of nitrogens with zero attached hydrogens (tertiary/aromatic N) is 1. The zero-order valence-electron chi connectivity index (χ0n) is 11.0. The van der Waals surface area contributed by atoms with E-state index in [1.807, 2.05) is 0 Å². The van der Waals surface area contributed by atoms with Crippen LogP contribution in [0.3, 0.4) is 0 Å². The zero-order valence-corrected chi connectivity index (χ0v) is 11.8. The number of hydrogen-bond donors (Lipinski definition) is 1. The molecule has 0 radical (unpaired) electrons. The normalized spacial score (nSPS) is 17.7. The summed E-state index contributed by atoms with van der Waals surface area (Å²) in [6.45, 7) is 1.73. The van der Waals surface area contributed by atoms with Gasteiger partial charge in [-0.15, -0.1) is 12.4 Å². The van der Waals surface area contributed by atoms with E-state index in [4.69, 9.17) is 4.74 Å². The average Bonchev–Trinajstić information content (AvgIpc) is 2.91. The molecule has 1 amide bonds. The molecule has 2 rings (SSSR count). The molecule has 0 aromatic heterocycles. The Morgan fingerprint density at radius 1 is 1.53 bits per heavy atom. The van der Waals surface area contributed by atoms with E-state index >= 15 is 0 Å². The van der Waals surface area contributed by atoms with Crippen molar-refractivity contribution < 1.29 is 13.9 Å². The van der Waals surface area contributed by atoms with Gasteiger partial charge in [0.15, 0.2) is 11.6 Å². The molecule has 19 heavy (non-hydrogen) atoms. The molecule has 1 aliphatic heterocycles. The van der Waals surface area contributed by atoms with Crippen LogP contribution in [-0.2, 0) is 0 Å². The number of benzene rings is 1. The van der Waals surface area contributed by atoms with E-state index in [0.29, 0.717) is 5.56 Å². The second-order valence-corrected chi connectivity index (χ2v) is 4.41. The fraction of sp³-hybridized carbons (Fsp3) is 0.462. The number of likely N-dealkylation sites (N-methyl/N-ethyl adjacent to an activating group) is 1. The minimum absolute atomic E-state index is 0. The van der Waals surface area contributed by atoms with Crippen molar-refractivity contribution in [3.63, 3.8) is 0 Å². The Hall–Kier alpha value is -1.33. The third-order valence-corrected chi connectivity index (χ3v) is 3.30. The number of methoxy groups -OCH3 is 1. The summed E-state index contributed by atoms with van der Waals surface area (Å²) >= 11 is 0. The van der Waals surface area contributed by atoms with Crippen LogP contribution in [0, 0.1) is 5.82 Å². The Kier molecular flexibility index (Phi) is 5.57. The van der Waals surface area contributed by atoms with Crippen LogP contribution in [-0.4, -0.2) is 44.1 Å². The van der Waals surface area contributed by atoms with Gasteiger partial charge in [0, 0.05) is 25.2 Å². The van der Waals surface area contributed by atoms with E-state index in [-0.39, 0.29) is 30.1 Å². The highest BCUT2D eigenvalue weighted by Crippen LogP contribution is 2.20. The standard InChI is InChI=1S/C13H17FN2O2.ClH/c1-16(10-5-6-15-8-10)13(17)9-3-4-11(14)12(7-9)18-2;/h3-4,7,10,15H,5-6,8H2,1-2H3;1H. The molecule has 1 fully saturated rings. The number of nitrogens with one attached hydrogen (secondary N) is 1. The van der Waals surface area contributed by atoms with Gasteiger partial charge in [-0.05, 0) is 31.2 Å². The maximum Gasteiger partial charge on any atom is 0.254 e. The van der Waals surface area contributed by atoms with Gasteiger partial charge in [0.25, 0.3) is 5.91 Å². The van der Waals surface area contributed by atoms with E-state index in [1.165, 1.54) is 25.3 Å². The Labute approximate surface area is 118 Å². The number of amides is 1. The number of rotatable bonds is 3. The number of hydrogen-bond acceptors (Lipinski definition) is 3. The zero-order chi connectivity index (χ0) is 13.1. The van der Waals surface area contributed by atoms with Crippen molar-refractivity contribution in [3.8, 4) is 5.75 Å². The van der Waals surface area contributed by atoms with Gasteiger partial charge in [-0.3, -0.25) is 4.79 Å².